The molecule has 6 heteroatoms. The maximum absolute atomic E-state index is 5.53. The molecule has 0 radical (unpaired) electrons. The molecule has 0 atom stereocenters. The van der Waals surface area contributed by atoms with Gasteiger partial charge >= 0.3 is 0 Å². The Bertz CT molecular complexity index is 365. The molecule has 1 fully saturated rings. The van der Waals surface area contributed by atoms with Crippen molar-refractivity contribution in [2.45, 2.75) is 6.42 Å². The minimum atomic E-state index is 0.616. The summed E-state index contributed by atoms with van der Waals surface area (Å²) >= 11 is 0. The van der Waals surface area contributed by atoms with Crippen molar-refractivity contribution in [3.8, 4) is 5.88 Å². The number of hydrogen-bond acceptors (Lipinski definition) is 6. The fourth-order valence-electron chi connectivity index (χ4n) is 2.08. The second-order valence-corrected chi connectivity index (χ2v) is 4.37. The molecule has 0 amide bonds. The SMILES string of the molecule is COc1ccnc(N2CCN(CCCN)CC2)n1. The molecule has 0 bridgehead atoms. The highest BCUT2D eigenvalue weighted by atomic mass is 16.5. The number of ether oxygens (including phenoxy) is 1. The molecule has 1 saturated heterocycles. The minimum absolute atomic E-state index is 0.616. The number of hydrogen-bond donors (Lipinski definition) is 1. The molecule has 0 aromatic carbocycles. The molecule has 2 N–H and O–H groups in total. The van der Waals surface area contributed by atoms with Crippen molar-refractivity contribution in [1.29, 1.82) is 0 Å². The van der Waals surface area contributed by atoms with Gasteiger partial charge in [-0.1, -0.05) is 0 Å². The Labute approximate surface area is 108 Å². The molecule has 100 valence electrons. The van der Waals surface area contributed by atoms with Gasteiger partial charge in [-0.15, -0.1) is 0 Å². The minimum Gasteiger partial charge on any atom is -0.481 e. The van der Waals surface area contributed by atoms with Crippen LogP contribution in [0.5, 0.6) is 5.88 Å². The zero-order chi connectivity index (χ0) is 12.8. The van der Waals surface area contributed by atoms with Crippen molar-refractivity contribution < 1.29 is 4.74 Å². The van der Waals surface area contributed by atoms with Gasteiger partial charge in [0.25, 0.3) is 0 Å². The smallest absolute Gasteiger partial charge is 0.228 e. The molecule has 0 spiro atoms. The van der Waals surface area contributed by atoms with Crippen LogP contribution in [0.2, 0.25) is 0 Å². The summed E-state index contributed by atoms with van der Waals surface area (Å²) in [6, 6.07) is 1.76. The van der Waals surface area contributed by atoms with E-state index in [-0.39, 0.29) is 0 Å². The first kappa shape index (κ1) is 13.0. The van der Waals surface area contributed by atoms with Crippen molar-refractivity contribution >= 4 is 5.95 Å². The lowest BCUT2D eigenvalue weighted by molar-refractivity contribution is 0.255. The van der Waals surface area contributed by atoms with Crippen LogP contribution in [0.1, 0.15) is 6.42 Å². The summed E-state index contributed by atoms with van der Waals surface area (Å²) in [7, 11) is 1.62. The number of anilines is 1. The fourth-order valence-corrected chi connectivity index (χ4v) is 2.08. The summed E-state index contributed by atoms with van der Waals surface area (Å²) in [4.78, 5) is 13.3. The number of rotatable bonds is 5. The molecule has 1 aromatic rings. The summed E-state index contributed by atoms with van der Waals surface area (Å²) in [5.74, 6) is 1.37. The van der Waals surface area contributed by atoms with Crippen LogP contribution in [0.25, 0.3) is 0 Å². The lowest BCUT2D eigenvalue weighted by Crippen LogP contribution is -2.47. The summed E-state index contributed by atoms with van der Waals surface area (Å²) in [5, 5.41) is 0. The highest BCUT2D eigenvalue weighted by Gasteiger charge is 2.18. The summed E-state index contributed by atoms with van der Waals surface area (Å²) in [5.41, 5.74) is 5.53. The molecule has 0 aliphatic carbocycles. The van der Waals surface area contributed by atoms with E-state index in [2.05, 4.69) is 19.8 Å². The van der Waals surface area contributed by atoms with Crippen LogP contribution in [0, 0.1) is 0 Å². The van der Waals surface area contributed by atoms with Gasteiger partial charge in [0.2, 0.25) is 11.8 Å². The van der Waals surface area contributed by atoms with Crippen LogP contribution in [0.15, 0.2) is 12.3 Å². The van der Waals surface area contributed by atoms with Crippen molar-refractivity contribution in [1.82, 2.24) is 14.9 Å². The molecule has 2 heterocycles. The van der Waals surface area contributed by atoms with Crippen LogP contribution in [0.3, 0.4) is 0 Å². The molecule has 18 heavy (non-hydrogen) atoms. The van der Waals surface area contributed by atoms with Crippen LogP contribution < -0.4 is 15.4 Å². The lowest BCUT2D eigenvalue weighted by Gasteiger charge is -2.34. The molecule has 1 aliphatic rings. The molecule has 0 unspecified atom stereocenters. The van der Waals surface area contributed by atoms with Gasteiger partial charge in [-0.05, 0) is 19.5 Å². The number of aromatic nitrogens is 2. The van der Waals surface area contributed by atoms with Gasteiger partial charge in [0, 0.05) is 38.4 Å². The van der Waals surface area contributed by atoms with E-state index in [1.165, 1.54) is 0 Å². The van der Waals surface area contributed by atoms with Gasteiger partial charge in [-0.25, -0.2) is 4.98 Å². The Morgan fingerprint density at radius 3 is 2.78 bits per heavy atom. The topological polar surface area (TPSA) is 67.5 Å². The molecule has 0 saturated carbocycles. The van der Waals surface area contributed by atoms with E-state index in [0.717, 1.165) is 51.6 Å². The van der Waals surface area contributed by atoms with Crippen LogP contribution >= 0.6 is 0 Å². The average Bonchev–Trinajstić information content (AvgIpc) is 2.46. The van der Waals surface area contributed by atoms with Gasteiger partial charge in [-0.3, -0.25) is 4.90 Å². The second kappa shape index (κ2) is 6.51. The van der Waals surface area contributed by atoms with Gasteiger partial charge in [0.1, 0.15) is 0 Å². The Morgan fingerprint density at radius 2 is 2.11 bits per heavy atom. The standard InChI is InChI=1S/C12H21N5O/c1-18-11-3-5-14-12(15-11)17-9-7-16(8-10-17)6-2-4-13/h3,5H,2,4,6-10,13H2,1H3. The second-order valence-electron chi connectivity index (χ2n) is 4.37. The third-order valence-electron chi connectivity index (χ3n) is 3.16. The number of nitrogens with zero attached hydrogens (tertiary/aromatic N) is 4. The van der Waals surface area contributed by atoms with Gasteiger partial charge in [0.15, 0.2) is 0 Å². The first-order chi connectivity index (χ1) is 8.83. The number of piperazine rings is 1. The molecular weight excluding hydrogens is 230 g/mol. The quantitative estimate of drug-likeness (QED) is 0.792. The Morgan fingerprint density at radius 1 is 1.33 bits per heavy atom. The third-order valence-corrected chi connectivity index (χ3v) is 3.16. The third kappa shape index (κ3) is 3.30. The van der Waals surface area contributed by atoms with Gasteiger partial charge in [0.05, 0.1) is 7.11 Å². The Balaban J connectivity index is 1.88. The monoisotopic (exact) mass is 251 g/mol. The van der Waals surface area contributed by atoms with E-state index < -0.39 is 0 Å². The number of nitrogens with two attached hydrogens (primary N) is 1. The largest absolute Gasteiger partial charge is 0.481 e. The van der Waals surface area contributed by atoms with E-state index in [0.29, 0.717) is 5.88 Å². The molecule has 6 nitrogen and oxygen atoms in total. The highest BCUT2D eigenvalue weighted by Crippen LogP contribution is 2.14. The van der Waals surface area contributed by atoms with E-state index in [1.54, 1.807) is 19.4 Å². The zero-order valence-electron chi connectivity index (χ0n) is 10.9. The fraction of sp³-hybridized carbons (Fsp3) is 0.667. The Kier molecular flexibility index (Phi) is 4.72. The molecule has 1 aromatic heterocycles. The molecular formula is C12H21N5O. The Hall–Kier alpha value is -1.40. The maximum atomic E-state index is 5.53. The normalized spacial score (nSPS) is 16.9. The van der Waals surface area contributed by atoms with E-state index >= 15 is 0 Å². The van der Waals surface area contributed by atoms with Crippen LogP contribution in [-0.4, -0.2) is 61.2 Å². The number of methoxy groups -OCH3 is 1. The molecule has 2 rings (SSSR count). The maximum Gasteiger partial charge on any atom is 0.228 e. The molecule has 1 aliphatic heterocycles. The van der Waals surface area contributed by atoms with Crippen LogP contribution in [0.4, 0.5) is 5.95 Å². The van der Waals surface area contributed by atoms with Crippen molar-refractivity contribution in [3.05, 3.63) is 12.3 Å². The van der Waals surface area contributed by atoms with Crippen molar-refractivity contribution in [2.24, 2.45) is 5.73 Å². The summed E-state index contributed by atoms with van der Waals surface area (Å²) in [6.07, 6.45) is 2.80. The zero-order valence-corrected chi connectivity index (χ0v) is 10.9. The predicted octanol–water partition coefficient (Wildman–Crippen LogP) is -0.0440. The van der Waals surface area contributed by atoms with E-state index in [9.17, 15) is 0 Å². The average molecular weight is 251 g/mol. The van der Waals surface area contributed by atoms with Crippen LogP contribution in [-0.2, 0) is 0 Å². The lowest BCUT2D eigenvalue weighted by atomic mass is 10.3. The summed E-state index contributed by atoms with van der Waals surface area (Å²) < 4.78 is 5.12. The van der Waals surface area contributed by atoms with Crippen molar-refractivity contribution in [3.63, 3.8) is 0 Å². The summed E-state index contributed by atoms with van der Waals surface area (Å²) in [6.45, 7) is 5.85. The highest BCUT2D eigenvalue weighted by molar-refractivity contribution is 5.32. The first-order valence-electron chi connectivity index (χ1n) is 6.38. The van der Waals surface area contributed by atoms with Gasteiger partial charge < -0.3 is 15.4 Å². The van der Waals surface area contributed by atoms with E-state index in [4.69, 9.17) is 10.5 Å². The van der Waals surface area contributed by atoms with E-state index in [1.807, 2.05) is 0 Å². The van der Waals surface area contributed by atoms with Crippen molar-refractivity contribution in [2.75, 3.05) is 51.3 Å². The first-order valence-corrected chi connectivity index (χ1v) is 6.38. The predicted molar refractivity (Wildman–Crippen MR) is 70.9 cm³/mol. The van der Waals surface area contributed by atoms with Gasteiger partial charge in [-0.2, -0.15) is 4.98 Å².